The minimum atomic E-state index is 0.525. The van der Waals surface area contributed by atoms with E-state index in [0.717, 1.165) is 25.0 Å². The van der Waals surface area contributed by atoms with Crippen LogP contribution < -0.4 is 9.80 Å². The summed E-state index contributed by atoms with van der Waals surface area (Å²) in [6, 6.07) is 7.54. The van der Waals surface area contributed by atoms with E-state index in [1.807, 2.05) is 0 Å². The molecule has 3 saturated heterocycles. The molecule has 3 heterocycles. The lowest BCUT2D eigenvalue weighted by Crippen LogP contribution is -2.48. The van der Waals surface area contributed by atoms with E-state index in [-0.39, 0.29) is 0 Å². The molecule has 1 saturated carbocycles. The van der Waals surface area contributed by atoms with E-state index in [4.69, 9.17) is 4.74 Å². The average Bonchev–Trinajstić information content (AvgIpc) is 2.85. The van der Waals surface area contributed by atoms with Gasteiger partial charge in [0.05, 0.1) is 0 Å². The highest BCUT2D eigenvalue weighted by molar-refractivity contribution is 5.63. The van der Waals surface area contributed by atoms with Crippen LogP contribution in [0.3, 0.4) is 0 Å². The van der Waals surface area contributed by atoms with Gasteiger partial charge in [0.25, 0.3) is 0 Å². The Bertz CT molecular complexity index is 748. The number of benzene rings is 1. The fourth-order valence-electron chi connectivity index (χ4n) is 6.68. The minimum Gasteiger partial charge on any atom is -0.381 e. The number of nitrogens with zero attached hydrogens (tertiary/aromatic N) is 3. The fourth-order valence-corrected chi connectivity index (χ4v) is 6.68. The summed E-state index contributed by atoms with van der Waals surface area (Å²) in [6.07, 6.45) is 12.0. The Kier molecular flexibility index (Phi) is 7.51. The van der Waals surface area contributed by atoms with Crippen molar-refractivity contribution in [2.45, 2.75) is 77.6 Å². The molecule has 4 heteroatoms. The standard InChI is InChI=1S/C29H47N3O/c1-29(2)12-8-25(9-13-29)27-22-26(31-14-4-3-5-15-31)6-7-28(27)32-18-16-30(17-19-32)23-24-10-20-33-21-11-24/h6-7,22,24-25H,3-5,8-21,23H2,1-2H3. The van der Waals surface area contributed by atoms with Crippen LogP contribution in [-0.4, -0.2) is 63.9 Å². The molecular weight excluding hydrogens is 406 g/mol. The molecular formula is C29H47N3O. The summed E-state index contributed by atoms with van der Waals surface area (Å²) >= 11 is 0. The van der Waals surface area contributed by atoms with Crippen molar-refractivity contribution in [1.82, 2.24) is 4.90 Å². The third-order valence-electron chi connectivity index (χ3n) is 9.08. The Morgan fingerprint density at radius 2 is 1.52 bits per heavy atom. The molecule has 0 unspecified atom stereocenters. The second kappa shape index (κ2) is 10.6. The van der Waals surface area contributed by atoms with Gasteiger partial charge in [-0.3, -0.25) is 4.90 Å². The van der Waals surface area contributed by atoms with Gasteiger partial charge in [-0.15, -0.1) is 0 Å². The lowest BCUT2D eigenvalue weighted by atomic mass is 9.71. The molecule has 0 spiro atoms. The van der Waals surface area contributed by atoms with Crippen LogP contribution in [0.4, 0.5) is 11.4 Å². The quantitative estimate of drug-likeness (QED) is 0.552. The van der Waals surface area contributed by atoms with Crippen LogP contribution in [0.2, 0.25) is 0 Å². The molecule has 33 heavy (non-hydrogen) atoms. The molecule has 1 aromatic rings. The maximum absolute atomic E-state index is 5.57. The number of hydrogen-bond acceptors (Lipinski definition) is 4. The monoisotopic (exact) mass is 453 g/mol. The summed E-state index contributed by atoms with van der Waals surface area (Å²) in [5, 5.41) is 0. The van der Waals surface area contributed by atoms with Crippen molar-refractivity contribution in [1.29, 1.82) is 0 Å². The van der Waals surface area contributed by atoms with Crippen LogP contribution >= 0.6 is 0 Å². The van der Waals surface area contributed by atoms with Gasteiger partial charge in [-0.2, -0.15) is 0 Å². The molecule has 1 aromatic carbocycles. The van der Waals surface area contributed by atoms with Gasteiger partial charge in [-0.05, 0) is 98.8 Å². The first kappa shape index (κ1) is 23.5. The Labute approximate surface area is 202 Å². The van der Waals surface area contributed by atoms with E-state index in [1.54, 1.807) is 11.3 Å². The smallest absolute Gasteiger partial charge is 0.0469 e. The van der Waals surface area contributed by atoms with Gasteiger partial charge in [-0.25, -0.2) is 0 Å². The number of ether oxygens (including phenoxy) is 1. The molecule has 4 fully saturated rings. The Morgan fingerprint density at radius 1 is 0.818 bits per heavy atom. The van der Waals surface area contributed by atoms with Crippen molar-refractivity contribution in [2.75, 3.05) is 68.8 Å². The van der Waals surface area contributed by atoms with Crippen LogP contribution in [0.1, 0.15) is 83.1 Å². The summed E-state index contributed by atoms with van der Waals surface area (Å²) in [5.41, 5.74) is 5.21. The average molecular weight is 454 g/mol. The van der Waals surface area contributed by atoms with E-state index in [2.05, 4.69) is 46.7 Å². The molecule has 0 N–H and O–H groups in total. The van der Waals surface area contributed by atoms with Crippen molar-refractivity contribution in [3.05, 3.63) is 23.8 Å². The molecule has 184 valence electrons. The van der Waals surface area contributed by atoms with Gasteiger partial charge in [0, 0.05) is 70.4 Å². The zero-order valence-electron chi connectivity index (χ0n) is 21.4. The SMILES string of the molecule is CC1(C)CCC(c2cc(N3CCCCC3)ccc2N2CCN(CC3CCOCC3)CC2)CC1. The summed E-state index contributed by atoms with van der Waals surface area (Å²) in [6.45, 7) is 15.4. The lowest BCUT2D eigenvalue weighted by molar-refractivity contribution is 0.0517. The van der Waals surface area contributed by atoms with Crippen LogP contribution in [0.15, 0.2) is 18.2 Å². The summed E-state index contributed by atoms with van der Waals surface area (Å²) in [4.78, 5) is 8.09. The van der Waals surface area contributed by atoms with Crippen molar-refractivity contribution in [3.63, 3.8) is 0 Å². The molecule has 5 rings (SSSR count). The molecule has 0 atom stereocenters. The van der Waals surface area contributed by atoms with Crippen molar-refractivity contribution in [3.8, 4) is 0 Å². The molecule has 1 aliphatic carbocycles. The number of anilines is 2. The van der Waals surface area contributed by atoms with Gasteiger partial charge in [0.1, 0.15) is 0 Å². The third kappa shape index (κ3) is 5.88. The van der Waals surface area contributed by atoms with Gasteiger partial charge >= 0.3 is 0 Å². The van der Waals surface area contributed by atoms with E-state index < -0.39 is 0 Å². The van der Waals surface area contributed by atoms with Gasteiger partial charge < -0.3 is 14.5 Å². The summed E-state index contributed by atoms with van der Waals surface area (Å²) < 4.78 is 5.57. The molecule has 4 aliphatic rings. The van der Waals surface area contributed by atoms with Gasteiger partial charge in [0.2, 0.25) is 0 Å². The molecule has 0 amide bonds. The summed E-state index contributed by atoms with van der Waals surface area (Å²) in [5.74, 6) is 1.58. The molecule has 3 aliphatic heterocycles. The second-order valence-corrected chi connectivity index (χ2v) is 12.1. The summed E-state index contributed by atoms with van der Waals surface area (Å²) in [7, 11) is 0. The first-order valence-corrected chi connectivity index (χ1v) is 14.0. The van der Waals surface area contributed by atoms with Crippen LogP contribution in [-0.2, 0) is 4.74 Å². The maximum atomic E-state index is 5.57. The minimum absolute atomic E-state index is 0.525. The maximum Gasteiger partial charge on any atom is 0.0469 e. The topological polar surface area (TPSA) is 19.0 Å². The Hall–Kier alpha value is -1.26. The number of piperidine rings is 1. The van der Waals surface area contributed by atoms with E-state index in [9.17, 15) is 0 Å². The van der Waals surface area contributed by atoms with Crippen LogP contribution in [0.25, 0.3) is 0 Å². The number of hydrogen-bond donors (Lipinski definition) is 0. The van der Waals surface area contributed by atoms with Crippen LogP contribution in [0.5, 0.6) is 0 Å². The zero-order chi connectivity index (χ0) is 22.7. The first-order valence-electron chi connectivity index (χ1n) is 14.0. The van der Waals surface area contributed by atoms with Crippen molar-refractivity contribution < 1.29 is 4.74 Å². The first-order chi connectivity index (χ1) is 16.1. The largest absolute Gasteiger partial charge is 0.381 e. The Morgan fingerprint density at radius 3 is 2.21 bits per heavy atom. The van der Waals surface area contributed by atoms with Crippen LogP contribution in [0, 0.1) is 11.3 Å². The number of rotatable bonds is 5. The molecule has 0 radical (unpaired) electrons. The predicted octanol–water partition coefficient (Wildman–Crippen LogP) is 5.91. The Balaban J connectivity index is 1.29. The molecule has 0 aromatic heterocycles. The van der Waals surface area contributed by atoms with E-state index >= 15 is 0 Å². The van der Waals surface area contributed by atoms with Crippen molar-refractivity contribution in [2.24, 2.45) is 11.3 Å². The van der Waals surface area contributed by atoms with Gasteiger partial charge in [0.15, 0.2) is 0 Å². The molecule has 0 bridgehead atoms. The predicted molar refractivity (Wildman–Crippen MR) is 140 cm³/mol. The normalized spacial score (nSPS) is 26.0. The van der Waals surface area contributed by atoms with Gasteiger partial charge in [-0.1, -0.05) is 13.8 Å². The lowest BCUT2D eigenvalue weighted by Gasteiger charge is -2.41. The van der Waals surface area contributed by atoms with E-state index in [1.165, 1.54) is 109 Å². The molecule has 4 nitrogen and oxygen atoms in total. The highest BCUT2D eigenvalue weighted by atomic mass is 16.5. The fraction of sp³-hybridized carbons (Fsp3) is 0.793. The number of piperazine rings is 1. The van der Waals surface area contributed by atoms with E-state index in [0.29, 0.717) is 5.41 Å². The van der Waals surface area contributed by atoms with Crippen molar-refractivity contribution >= 4 is 11.4 Å². The highest BCUT2D eigenvalue weighted by Gasteiger charge is 2.31. The third-order valence-corrected chi connectivity index (χ3v) is 9.08. The highest BCUT2D eigenvalue weighted by Crippen LogP contribution is 2.46. The zero-order valence-corrected chi connectivity index (χ0v) is 21.4. The second-order valence-electron chi connectivity index (χ2n) is 12.1.